The van der Waals surface area contributed by atoms with E-state index in [1.807, 2.05) is 178 Å². The average molecular weight is 1460 g/mol. The highest BCUT2D eigenvalue weighted by Gasteiger charge is 2.16. The van der Waals surface area contributed by atoms with Crippen LogP contribution < -0.4 is 27.3 Å². The van der Waals surface area contributed by atoms with Gasteiger partial charge in [-0.15, -0.1) is 0 Å². The minimum Gasteiger partial charge on any atom is -0.398 e. The van der Waals surface area contributed by atoms with Gasteiger partial charge in [-0.25, -0.2) is 9.97 Å². The quantitative estimate of drug-likeness (QED) is 0.0159. The number of halogens is 1. The molecule has 14 aromatic rings. The Labute approximate surface area is 620 Å². The number of fused-ring (bicyclic) bond motifs is 4. The summed E-state index contributed by atoms with van der Waals surface area (Å²) in [5.41, 5.74) is 13.8. The normalized spacial score (nSPS) is 10.4. The topological polar surface area (TPSA) is 321 Å². The molecule has 0 aliphatic rings. The molecule has 25 heteroatoms. The van der Waals surface area contributed by atoms with Crippen molar-refractivity contribution >= 4 is 97.0 Å². The highest BCUT2D eigenvalue weighted by Crippen LogP contribution is 2.24. The molecular formula is C82H79ClN14O10. The number of aromatic amines is 1. The van der Waals surface area contributed by atoms with Gasteiger partial charge in [-0.05, 0) is 129 Å². The number of nitrogens with zero attached hydrogens (tertiary/aromatic N) is 11. The zero-order valence-electron chi connectivity index (χ0n) is 59.3. The number of rotatable bonds is 20. The van der Waals surface area contributed by atoms with E-state index in [-0.39, 0.29) is 50.2 Å². The lowest BCUT2D eigenvalue weighted by Crippen LogP contribution is -2.28. The second-order valence-electron chi connectivity index (χ2n) is 24.1. The van der Waals surface area contributed by atoms with Gasteiger partial charge in [0, 0.05) is 178 Å². The lowest BCUT2D eigenvalue weighted by Gasteiger charge is -2.23. The molecule has 0 aliphatic heterocycles. The summed E-state index contributed by atoms with van der Waals surface area (Å²) in [5.74, 6) is -0.277. The third kappa shape index (κ3) is 23.4. The predicted molar refractivity (Wildman–Crippen MR) is 418 cm³/mol. The Morgan fingerprint density at radius 2 is 1.08 bits per heavy atom. The maximum absolute atomic E-state index is 13.1. The Balaban J connectivity index is 0.000000163. The van der Waals surface area contributed by atoms with Gasteiger partial charge in [0.2, 0.25) is 0 Å². The third-order valence-electron chi connectivity index (χ3n) is 16.5. The van der Waals surface area contributed by atoms with E-state index < -0.39 is 4.92 Å². The van der Waals surface area contributed by atoms with Crippen molar-refractivity contribution in [2.24, 2.45) is 14.1 Å². The van der Waals surface area contributed by atoms with Gasteiger partial charge >= 0.3 is 0 Å². The fraction of sp³-hybridized carbons (Fsp3) is 0.159. The van der Waals surface area contributed by atoms with E-state index in [0.29, 0.717) is 58.0 Å². The summed E-state index contributed by atoms with van der Waals surface area (Å²) >= 11 is 5.97. The summed E-state index contributed by atoms with van der Waals surface area (Å²) in [6.07, 6.45) is 28.9. The molecule has 0 bridgehead atoms. The number of aryl methyl sites for hydroxylation is 4. The van der Waals surface area contributed by atoms with E-state index in [9.17, 15) is 48.5 Å². The molecule has 6 aromatic carbocycles. The Hall–Kier alpha value is -13.2. The van der Waals surface area contributed by atoms with Crippen molar-refractivity contribution in [1.82, 2.24) is 58.4 Å². The maximum Gasteiger partial charge on any atom is 0.280 e. The highest BCUT2D eigenvalue weighted by molar-refractivity contribution is 6.37. The van der Waals surface area contributed by atoms with E-state index in [1.54, 1.807) is 71.6 Å². The van der Waals surface area contributed by atoms with E-state index >= 15 is 0 Å². The van der Waals surface area contributed by atoms with Gasteiger partial charge in [0.1, 0.15) is 0 Å². The molecule has 0 radical (unpaired) electrons. The van der Waals surface area contributed by atoms with Crippen LogP contribution in [-0.4, -0.2) is 102 Å². The van der Waals surface area contributed by atoms with Gasteiger partial charge in [-0.1, -0.05) is 90.5 Å². The van der Waals surface area contributed by atoms with Crippen molar-refractivity contribution in [2.45, 2.75) is 59.4 Å². The summed E-state index contributed by atoms with van der Waals surface area (Å²) in [6.45, 7) is 8.94. The Kier molecular flexibility index (Phi) is 30.6. The zero-order chi connectivity index (χ0) is 76.5. The van der Waals surface area contributed by atoms with Crippen molar-refractivity contribution in [2.75, 3.05) is 18.8 Å². The number of nitro groups is 1. The number of nitrogen functional groups attached to an aromatic ring is 1. The molecular weight excluding hydrogens is 1380 g/mol. The number of carbonyl (C=O) groups excluding carboxylic acids is 5. The molecule has 0 amide bonds. The summed E-state index contributed by atoms with van der Waals surface area (Å²) in [4.78, 5) is 125. The summed E-state index contributed by atoms with van der Waals surface area (Å²) < 4.78 is 8.00. The van der Waals surface area contributed by atoms with Gasteiger partial charge < -0.3 is 34.3 Å². The molecule has 544 valence electrons. The van der Waals surface area contributed by atoms with Crippen LogP contribution in [0.3, 0.4) is 0 Å². The van der Waals surface area contributed by atoms with Crippen LogP contribution in [0.2, 0.25) is 5.02 Å². The number of pyridine rings is 6. The number of nitro benzene ring substituents is 1. The van der Waals surface area contributed by atoms with Crippen LogP contribution in [0.5, 0.6) is 0 Å². The molecule has 107 heavy (non-hydrogen) atoms. The first-order valence-electron chi connectivity index (χ1n) is 33.8. The number of hydrogen-bond donors (Lipinski definition) is 3. The van der Waals surface area contributed by atoms with E-state index in [1.165, 1.54) is 55.6 Å². The molecule has 0 saturated carbocycles. The number of benzene rings is 6. The second-order valence-corrected chi connectivity index (χ2v) is 24.4. The fourth-order valence-corrected chi connectivity index (χ4v) is 11.3. The van der Waals surface area contributed by atoms with Crippen LogP contribution in [0, 0.1) is 10.1 Å². The number of ketones is 2. The maximum atomic E-state index is 13.1. The molecule has 8 heterocycles. The van der Waals surface area contributed by atoms with Crippen LogP contribution >= 0.6 is 11.6 Å². The second kappa shape index (κ2) is 41.2. The molecule has 24 nitrogen and oxygen atoms in total. The van der Waals surface area contributed by atoms with Gasteiger partial charge in [-0.3, -0.25) is 68.3 Å². The van der Waals surface area contributed by atoms with Gasteiger partial charge in [0.25, 0.3) is 5.69 Å². The van der Waals surface area contributed by atoms with E-state index in [2.05, 4.69) is 49.3 Å². The highest BCUT2D eigenvalue weighted by atomic mass is 35.5. The Morgan fingerprint density at radius 3 is 1.65 bits per heavy atom. The first-order valence-corrected chi connectivity index (χ1v) is 34.1. The zero-order valence-corrected chi connectivity index (χ0v) is 60.1. The van der Waals surface area contributed by atoms with Crippen LogP contribution in [0.4, 0.5) is 11.4 Å². The molecule has 8 aromatic heterocycles. The smallest absolute Gasteiger partial charge is 0.280 e. The minimum absolute atomic E-state index is 0.0121. The number of anilines is 1. The molecule has 14 rings (SSSR count). The molecule has 0 aliphatic carbocycles. The average Bonchev–Trinajstić information content (AvgIpc) is 1.03. The van der Waals surface area contributed by atoms with Crippen molar-refractivity contribution in [3.05, 3.63) is 347 Å². The monoisotopic (exact) mass is 1450 g/mol. The number of para-hydroxylation sites is 6. The molecule has 4 N–H and O–H groups in total. The Bertz CT molecular complexity index is 5430. The molecule has 0 spiro atoms. The van der Waals surface area contributed by atoms with Crippen LogP contribution in [0.1, 0.15) is 95.2 Å². The van der Waals surface area contributed by atoms with Crippen LogP contribution in [-0.2, 0) is 46.8 Å². The number of carbonyl (C=O) groups is 5. The minimum atomic E-state index is -0.559. The molecule has 0 saturated heterocycles. The van der Waals surface area contributed by atoms with Crippen LogP contribution in [0.25, 0.3) is 43.6 Å². The number of nitrogens with one attached hydrogen (secondary N) is 2. The summed E-state index contributed by atoms with van der Waals surface area (Å²) in [5, 5.41) is 17.0. The Morgan fingerprint density at radius 1 is 0.570 bits per heavy atom. The number of imidazole rings is 2. The first kappa shape index (κ1) is 79.5. The number of nitrogens with two attached hydrogens (primary N) is 1. The number of Topliss-reactive ketones (excluding diaryl/α,β-unsaturated/α-hetero) is 2. The van der Waals surface area contributed by atoms with Crippen molar-refractivity contribution in [1.29, 1.82) is 0 Å². The number of aromatic nitrogens is 10. The summed E-state index contributed by atoms with van der Waals surface area (Å²) in [6, 6.07) is 50.6. The first-order chi connectivity index (χ1) is 51.9. The SMILES string of the molecule is CC(=O)c1ccccc1N.CC(=O)c1ccccc1[N+](=O)[O-].Cn1cc(C=O)c(=O)c2ccccc21.Cn1cc(CN(CCCn2ccnc2)Cc2ccncc2)c(=O)c2ccccc21.O=Cc1c[nH]c2ccccc2c1=O.O=Cc1cnc2ccccc2c1Cl.c1cc(CNCCCn2ccnc2)ccn1. The standard InChI is InChI=1S/C23H25N5O.C12H16N4.C11H9NO2.C10H6ClNO.C10H7NO2.C8H7NO3.C8H9NO/c1-26-16-20(23(29)21-5-2-3-6-22(21)26)17-28(15-19-7-9-24-10-8-19)13-4-12-27-14-11-25-18-27;1(8-16-9-7-15-11-16)4-14-10-12-2-5-13-6-3-12;1-12-6-8(7-13)11(14)9-4-2-3-5-10(9)12;11-10-7(6-13)5-12-9-4-2-1-3-8(9)10;12-6-7-5-11-9-4-2-1-3-8(9)10(7)13;1-6(10)7-4-2-3-5-8(7)9(11)12;1-6(10)7-4-2-3-5-8(7)9/h2-3,5-11,14,16,18H,4,12-13,15,17H2,1H3;2-3,5-7,9,11,14H,1,4,8,10H2;2-7H,1H3;1-6H;1-6H,(H,11,13);2-5H,1H3;2-5H,9H2,1H3. The molecule has 0 atom stereocenters. The van der Waals surface area contributed by atoms with Crippen molar-refractivity contribution < 1.29 is 28.9 Å². The van der Waals surface area contributed by atoms with Gasteiger partial charge in [-0.2, -0.15) is 0 Å². The number of hydrogen-bond acceptors (Lipinski definition) is 18. The summed E-state index contributed by atoms with van der Waals surface area (Å²) in [7, 11) is 3.81. The van der Waals surface area contributed by atoms with Crippen molar-refractivity contribution in [3.63, 3.8) is 0 Å². The van der Waals surface area contributed by atoms with Gasteiger partial charge in [0.15, 0.2) is 46.7 Å². The number of aldehydes is 3. The van der Waals surface area contributed by atoms with Gasteiger partial charge in [0.05, 0.1) is 61.4 Å². The molecule has 0 unspecified atom stereocenters. The lowest BCUT2D eigenvalue weighted by atomic mass is 10.1. The third-order valence-corrected chi connectivity index (χ3v) is 16.9. The lowest BCUT2D eigenvalue weighted by molar-refractivity contribution is -0.385. The molecule has 0 fully saturated rings. The van der Waals surface area contributed by atoms with Crippen LogP contribution in [0.15, 0.2) is 271 Å². The van der Waals surface area contributed by atoms with Crippen molar-refractivity contribution in [3.8, 4) is 0 Å². The fourth-order valence-electron chi connectivity index (χ4n) is 11.0. The predicted octanol–water partition coefficient (Wildman–Crippen LogP) is 13.3. The van der Waals surface area contributed by atoms with E-state index in [0.717, 1.165) is 90.5 Å². The largest absolute Gasteiger partial charge is 0.398 e. The van der Waals surface area contributed by atoms with E-state index in [4.69, 9.17) is 17.3 Å². The number of H-pyrrole nitrogens is 1.